The van der Waals surface area contributed by atoms with Crippen LogP contribution in [-0.4, -0.2) is 84.7 Å². The standard InChI is InChI=1S/C24H32FN7O7S/c25-12-3-4-16-14-32(31-30-16)17-8-6-15(7-9-17)27-24(40)26-13-2-1-5-18(21(35)36)28-23(39)29-19(22(37)38)10-11-20(33)34/h6-9,14,18-19H,1-5,10-13H2,(H,33,34)(H,35,36)(H,37,38)(H2,26,27,40)(H2,28,29,39). The molecule has 0 bridgehead atoms. The molecule has 2 atom stereocenters. The fraction of sp³-hybridized carbons (Fsp3) is 0.458. The molecule has 0 aliphatic heterocycles. The largest absolute Gasteiger partial charge is 0.481 e. The van der Waals surface area contributed by atoms with E-state index in [9.17, 15) is 28.7 Å². The van der Waals surface area contributed by atoms with Crippen molar-refractivity contribution in [3.63, 3.8) is 0 Å². The van der Waals surface area contributed by atoms with Crippen molar-refractivity contribution in [3.8, 4) is 5.69 Å². The topological polar surface area (TPSA) is 208 Å². The zero-order chi connectivity index (χ0) is 29.5. The summed E-state index contributed by atoms with van der Waals surface area (Å²) in [5, 5.41) is 45.9. The van der Waals surface area contributed by atoms with Crippen LogP contribution in [0.4, 0.5) is 14.9 Å². The van der Waals surface area contributed by atoms with E-state index in [1.54, 1.807) is 23.0 Å². The fourth-order valence-corrected chi connectivity index (χ4v) is 3.70. The van der Waals surface area contributed by atoms with Crippen LogP contribution >= 0.6 is 12.2 Å². The van der Waals surface area contributed by atoms with Gasteiger partial charge in [0.2, 0.25) is 0 Å². The molecule has 1 aromatic heterocycles. The summed E-state index contributed by atoms with van der Waals surface area (Å²) in [5.74, 6) is -3.93. The minimum atomic E-state index is -1.46. The molecule has 0 spiro atoms. The van der Waals surface area contributed by atoms with Crippen LogP contribution in [0.5, 0.6) is 0 Å². The first-order valence-electron chi connectivity index (χ1n) is 12.5. The second kappa shape index (κ2) is 16.6. The predicted molar refractivity (Wildman–Crippen MR) is 145 cm³/mol. The molecule has 0 radical (unpaired) electrons. The molecule has 7 N–H and O–H groups in total. The average Bonchev–Trinajstić information content (AvgIpc) is 3.38. The SMILES string of the molecule is O=C(O)CCC(NC(=O)NC(CCCCNC(=S)Nc1ccc(-n2cc(CCCF)nn2)cc1)C(=O)O)C(=O)O. The van der Waals surface area contributed by atoms with Crippen molar-refractivity contribution in [3.05, 3.63) is 36.2 Å². The van der Waals surface area contributed by atoms with E-state index < -0.39 is 49.1 Å². The summed E-state index contributed by atoms with van der Waals surface area (Å²) in [4.78, 5) is 45.4. The summed E-state index contributed by atoms with van der Waals surface area (Å²) in [6.07, 6.45) is 2.87. The molecule has 0 aliphatic carbocycles. The number of carbonyl (C=O) groups excluding carboxylic acids is 1. The van der Waals surface area contributed by atoms with Crippen molar-refractivity contribution in [1.82, 2.24) is 30.9 Å². The van der Waals surface area contributed by atoms with E-state index in [0.717, 1.165) is 11.4 Å². The average molecular weight is 582 g/mol. The molecule has 40 heavy (non-hydrogen) atoms. The van der Waals surface area contributed by atoms with E-state index in [-0.39, 0.29) is 12.8 Å². The number of aliphatic carboxylic acids is 3. The number of thiocarbonyl (C=S) groups is 1. The monoisotopic (exact) mass is 581 g/mol. The molecule has 16 heteroatoms. The van der Waals surface area contributed by atoms with Crippen molar-refractivity contribution in [2.75, 3.05) is 18.5 Å². The molecule has 0 aliphatic rings. The first kappa shape index (κ1) is 31.9. The van der Waals surface area contributed by atoms with Gasteiger partial charge in [0.15, 0.2) is 5.11 Å². The minimum Gasteiger partial charge on any atom is -0.481 e. The molecule has 0 fully saturated rings. The van der Waals surface area contributed by atoms with Gasteiger partial charge in [0.25, 0.3) is 0 Å². The maximum Gasteiger partial charge on any atom is 0.326 e. The van der Waals surface area contributed by atoms with E-state index >= 15 is 0 Å². The summed E-state index contributed by atoms with van der Waals surface area (Å²) in [6.45, 7) is 0.0225. The van der Waals surface area contributed by atoms with Crippen molar-refractivity contribution in [2.24, 2.45) is 0 Å². The number of carbonyl (C=O) groups is 4. The number of hydrogen-bond acceptors (Lipinski definition) is 7. The Labute approximate surface area is 234 Å². The van der Waals surface area contributed by atoms with Crippen LogP contribution in [0, 0.1) is 0 Å². The fourth-order valence-electron chi connectivity index (χ4n) is 3.48. The lowest BCUT2D eigenvalue weighted by atomic mass is 10.1. The van der Waals surface area contributed by atoms with Crippen molar-refractivity contribution in [2.45, 2.75) is 57.0 Å². The van der Waals surface area contributed by atoms with Gasteiger partial charge in [0.1, 0.15) is 12.1 Å². The van der Waals surface area contributed by atoms with Gasteiger partial charge in [0.05, 0.1) is 24.3 Å². The molecular formula is C24H32FN7O7S. The number of nitrogens with zero attached hydrogens (tertiary/aromatic N) is 3. The predicted octanol–water partition coefficient (Wildman–Crippen LogP) is 1.70. The van der Waals surface area contributed by atoms with Gasteiger partial charge in [-0.3, -0.25) is 9.18 Å². The lowest BCUT2D eigenvalue weighted by molar-refractivity contribution is -0.140. The highest BCUT2D eigenvalue weighted by Gasteiger charge is 2.24. The molecule has 218 valence electrons. The van der Waals surface area contributed by atoms with Crippen LogP contribution in [-0.2, 0) is 20.8 Å². The highest BCUT2D eigenvalue weighted by atomic mass is 32.1. The number of unbranched alkanes of at least 4 members (excludes halogenated alkanes) is 1. The molecule has 14 nitrogen and oxygen atoms in total. The highest BCUT2D eigenvalue weighted by Crippen LogP contribution is 2.13. The second-order valence-corrected chi connectivity index (χ2v) is 9.11. The number of carboxylic acids is 3. The van der Waals surface area contributed by atoms with Gasteiger partial charge in [-0.15, -0.1) is 5.10 Å². The Bertz CT molecular complexity index is 1160. The summed E-state index contributed by atoms with van der Waals surface area (Å²) < 4.78 is 13.9. The maximum absolute atomic E-state index is 12.3. The summed E-state index contributed by atoms with van der Waals surface area (Å²) >= 11 is 5.28. The van der Waals surface area contributed by atoms with Crippen LogP contribution in [0.1, 0.15) is 44.2 Å². The smallest absolute Gasteiger partial charge is 0.326 e. The Morgan fingerprint density at radius 2 is 1.60 bits per heavy atom. The Balaban J connectivity index is 1.71. The van der Waals surface area contributed by atoms with Gasteiger partial charge in [-0.25, -0.2) is 19.1 Å². The van der Waals surface area contributed by atoms with Gasteiger partial charge < -0.3 is 36.6 Å². The van der Waals surface area contributed by atoms with Gasteiger partial charge in [-0.2, -0.15) is 0 Å². The van der Waals surface area contributed by atoms with E-state index in [2.05, 4.69) is 31.6 Å². The van der Waals surface area contributed by atoms with E-state index in [0.29, 0.717) is 43.0 Å². The summed E-state index contributed by atoms with van der Waals surface area (Å²) in [6, 6.07) is 3.50. The maximum atomic E-state index is 12.3. The quantitative estimate of drug-likeness (QED) is 0.105. The van der Waals surface area contributed by atoms with Crippen molar-refractivity contribution in [1.29, 1.82) is 0 Å². The molecule has 2 amide bonds. The normalized spacial score (nSPS) is 12.1. The van der Waals surface area contributed by atoms with E-state index in [4.69, 9.17) is 22.4 Å². The number of anilines is 1. The first-order valence-corrected chi connectivity index (χ1v) is 12.9. The number of amides is 2. The van der Waals surface area contributed by atoms with Crippen LogP contribution < -0.4 is 21.3 Å². The number of urea groups is 1. The van der Waals surface area contributed by atoms with Crippen LogP contribution in [0.3, 0.4) is 0 Å². The Kier molecular flexibility index (Phi) is 13.2. The summed E-state index contributed by atoms with van der Waals surface area (Å²) in [7, 11) is 0. The summed E-state index contributed by atoms with van der Waals surface area (Å²) in [5.41, 5.74) is 2.21. The highest BCUT2D eigenvalue weighted by molar-refractivity contribution is 7.80. The molecule has 1 heterocycles. The van der Waals surface area contributed by atoms with Crippen LogP contribution in [0.2, 0.25) is 0 Å². The number of halogens is 1. The molecule has 2 aromatic rings. The van der Waals surface area contributed by atoms with Gasteiger partial charge in [0, 0.05) is 18.7 Å². The molecule has 2 rings (SSSR count). The second-order valence-electron chi connectivity index (χ2n) is 8.70. The molecule has 0 saturated carbocycles. The molecule has 0 saturated heterocycles. The Hall–Kier alpha value is -4.34. The van der Waals surface area contributed by atoms with Gasteiger partial charge >= 0.3 is 23.9 Å². The molecule has 1 aromatic carbocycles. The third-order valence-electron chi connectivity index (χ3n) is 5.56. The number of aryl methyl sites for hydroxylation is 1. The third kappa shape index (κ3) is 11.6. The van der Waals surface area contributed by atoms with Crippen LogP contribution in [0.15, 0.2) is 30.5 Å². The Morgan fingerprint density at radius 1 is 0.950 bits per heavy atom. The van der Waals surface area contributed by atoms with E-state index in [1.807, 2.05) is 12.1 Å². The van der Waals surface area contributed by atoms with Gasteiger partial charge in [-0.1, -0.05) is 5.21 Å². The number of nitrogens with one attached hydrogen (secondary N) is 4. The zero-order valence-electron chi connectivity index (χ0n) is 21.5. The number of rotatable bonds is 17. The number of hydrogen-bond donors (Lipinski definition) is 7. The molecular weight excluding hydrogens is 549 g/mol. The first-order chi connectivity index (χ1) is 19.1. The molecule has 2 unspecified atom stereocenters. The lowest BCUT2D eigenvalue weighted by Gasteiger charge is -2.18. The lowest BCUT2D eigenvalue weighted by Crippen LogP contribution is -2.51. The van der Waals surface area contributed by atoms with Crippen molar-refractivity contribution < 1.29 is 38.9 Å². The van der Waals surface area contributed by atoms with Gasteiger partial charge in [-0.05, 0) is 75.0 Å². The van der Waals surface area contributed by atoms with Crippen LogP contribution in [0.25, 0.3) is 5.69 Å². The Morgan fingerprint density at radius 3 is 2.20 bits per heavy atom. The number of benzene rings is 1. The van der Waals surface area contributed by atoms with E-state index in [1.165, 1.54) is 0 Å². The zero-order valence-corrected chi connectivity index (χ0v) is 22.3. The third-order valence-corrected chi connectivity index (χ3v) is 5.80. The number of aromatic nitrogens is 3. The number of carboxylic acid groups (broad SMARTS) is 3. The minimum absolute atomic E-state index is 0.0801. The number of alkyl halides is 1. The van der Waals surface area contributed by atoms with Crippen molar-refractivity contribution >= 4 is 47.0 Å².